The number of urea groups is 1. The Balaban J connectivity index is 2.59. The van der Waals surface area contributed by atoms with Gasteiger partial charge in [-0.25, -0.2) is 4.79 Å². The topological polar surface area (TPSA) is 61.4 Å². The van der Waals surface area contributed by atoms with Gasteiger partial charge in [-0.15, -0.1) is 0 Å². The van der Waals surface area contributed by atoms with Crippen LogP contribution < -0.4 is 10.6 Å². The molecule has 0 atom stereocenters. The van der Waals surface area contributed by atoms with E-state index in [0.717, 1.165) is 0 Å². The number of carbonyl (C=O) groups is 1. The highest BCUT2D eigenvalue weighted by Crippen LogP contribution is 2.13. The number of amides is 2. The minimum absolute atomic E-state index is 0.162. The van der Waals surface area contributed by atoms with Crippen molar-refractivity contribution in [1.82, 2.24) is 5.32 Å². The molecule has 13 heavy (non-hydrogen) atoms. The van der Waals surface area contributed by atoms with Crippen molar-refractivity contribution in [3.8, 4) is 5.75 Å². The van der Waals surface area contributed by atoms with E-state index < -0.39 is 0 Å². The van der Waals surface area contributed by atoms with Crippen molar-refractivity contribution < 1.29 is 9.90 Å². The molecule has 0 saturated carbocycles. The molecule has 4 nitrogen and oxygen atoms in total. The highest BCUT2D eigenvalue weighted by Gasteiger charge is 1.97. The van der Waals surface area contributed by atoms with Gasteiger partial charge in [0.05, 0.1) is 0 Å². The Morgan fingerprint density at radius 1 is 1.38 bits per heavy atom. The van der Waals surface area contributed by atoms with Crippen molar-refractivity contribution in [3.63, 3.8) is 0 Å². The standard InChI is InChI=1S/C9H10N2O2/c1-2-10-9(13)11-7-3-5-8(12)6-4-7/h2-6,12H,1H2,(H2,10,11,13). The van der Waals surface area contributed by atoms with E-state index in [-0.39, 0.29) is 11.8 Å². The number of nitrogens with one attached hydrogen (secondary N) is 2. The monoisotopic (exact) mass is 178 g/mol. The second-order valence-corrected chi connectivity index (χ2v) is 2.35. The first-order chi connectivity index (χ1) is 6.22. The fourth-order valence-corrected chi connectivity index (χ4v) is 0.805. The molecule has 2 amide bonds. The summed E-state index contributed by atoms with van der Waals surface area (Å²) in [5.41, 5.74) is 0.608. The van der Waals surface area contributed by atoms with Gasteiger partial charge in [-0.05, 0) is 30.5 Å². The fourth-order valence-electron chi connectivity index (χ4n) is 0.805. The Bertz CT molecular complexity index is 306. The van der Waals surface area contributed by atoms with Gasteiger partial charge in [-0.3, -0.25) is 0 Å². The van der Waals surface area contributed by atoms with Crippen molar-refractivity contribution in [2.24, 2.45) is 0 Å². The van der Waals surface area contributed by atoms with Gasteiger partial charge in [0.15, 0.2) is 0 Å². The lowest BCUT2D eigenvalue weighted by molar-refractivity contribution is 0.255. The third-order valence-corrected chi connectivity index (χ3v) is 1.36. The zero-order valence-electron chi connectivity index (χ0n) is 6.95. The van der Waals surface area contributed by atoms with Crippen LogP contribution in [0.25, 0.3) is 0 Å². The van der Waals surface area contributed by atoms with Crippen LogP contribution in [0.1, 0.15) is 0 Å². The molecule has 0 unspecified atom stereocenters. The second-order valence-electron chi connectivity index (χ2n) is 2.35. The average molecular weight is 178 g/mol. The molecule has 0 aliphatic carbocycles. The zero-order valence-corrected chi connectivity index (χ0v) is 6.95. The molecule has 0 aliphatic heterocycles. The zero-order chi connectivity index (χ0) is 9.68. The molecule has 1 aromatic rings. The van der Waals surface area contributed by atoms with Crippen LogP contribution in [-0.4, -0.2) is 11.1 Å². The third kappa shape index (κ3) is 2.86. The van der Waals surface area contributed by atoms with E-state index in [9.17, 15) is 4.79 Å². The molecule has 0 aromatic heterocycles. The number of anilines is 1. The van der Waals surface area contributed by atoms with Gasteiger partial charge in [0.25, 0.3) is 0 Å². The number of phenols is 1. The van der Waals surface area contributed by atoms with Gasteiger partial charge in [0.2, 0.25) is 0 Å². The SMILES string of the molecule is C=CNC(=O)Nc1ccc(O)cc1. The van der Waals surface area contributed by atoms with Gasteiger partial charge < -0.3 is 15.7 Å². The summed E-state index contributed by atoms with van der Waals surface area (Å²) in [7, 11) is 0. The summed E-state index contributed by atoms with van der Waals surface area (Å²) in [6.45, 7) is 3.34. The van der Waals surface area contributed by atoms with Crippen molar-refractivity contribution in [2.75, 3.05) is 5.32 Å². The van der Waals surface area contributed by atoms with Crippen molar-refractivity contribution >= 4 is 11.7 Å². The molecule has 4 heteroatoms. The van der Waals surface area contributed by atoms with Crippen LogP contribution in [0.3, 0.4) is 0 Å². The van der Waals surface area contributed by atoms with Crippen molar-refractivity contribution in [3.05, 3.63) is 37.0 Å². The number of phenolic OH excluding ortho intramolecular Hbond substituents is 1. The molecule has 3 N–H and O–H groups in total. The number of rotatable bonds is 2. The maximum Gasteiger partial charge on any atom is 0.323 e. The molecule has 0 heterocycles. The van der Waals surface area contributed by atoms with E-state index in [2.05, 4.69) is 17.2 Å². The highest BCUT2D eigenvalue weighted by atomic mass is 16.3. The second kappa shape index (κ2) is 4.15. The molecule has 1 rings (SSSR count). The molecule has 0 spiro atoms. The van der Waals surface area contributed by atoms with Gasteiger partial charge in [-0.1, -0.05) is 6.58 Å². The van der Waals surface area contributed by atoms with Crippen LogP contribution in [-0.2, 0) is 0 Å². The Labute approximate surface area is 75.9 Å². The predicted octanol–water partition coefficient (Wildman–Crippen LogP) is 1.66. The van der Waals surface area contributed by atoms with Crippen molar-refractivity contribution in [1.29, 1.82) is 0 Å². The lowest BCUT2D eigenvalue weighted by Gasteiger charge is -2.03. The number of aromatic hydroxyl groups is 1. The van der Waals surface area contributed by atoms with Crippen LogP contribution in [0.15, 0.2) is 37.0 Å². The summed E-state index contributed by atoms with van der Waals surface area (Å²) >= 11 is 0. The number of hydrogen-bond acceptors (Lipinski definition) is 2. The molecule has 1 aromatic carbocycles. The van der Waals surface area contributed by atoms with E-state index in [1.165, 1.54) is 18.3 Å². The van der Waals surface area contributed by atoms with Crippen LogP contribution >= 0.6 is 0 Å². The van der Waals surface area contributed by atoms with Gasteiger partial charge in [0.1, 0.15) is 5.75 Å². The first kappa shape index (κ1) is 9.12. The van der Waals surface area contributed by atoms with Crippen molar-refractivity contribution in [2.45, 2.75) is 0 Å². The molecular weight excluding hydrogens is 168 g/mol. The van der Waals surface area contributed by atoms with Crippen LogP contribution in [0.2, 0.25) is 0 Å². The predicted molar refractivity (Wildman–Crippen MR) is 50.5 cm³/mol. The summed E-state index contributed by atoms with van der Waals surface area (Å²) in [5, 5.41) is 13.8. The Morgan fingerprint density at radius 3 is 2.54 bits per heavy atom. The number of carbonyl (C=O) groups excluding carboxylic acids is 1. The van der Waals surface area contributed by atoms with E-state index in [1.807, 2.05) is 0 Å². The largest absolute Gasteiger partial charge is 0.508 e. The maximum atomic E-state index is 10.9. The molecule has 0 aliphatic rings. The van der Waals surface area contributed by atoms with E-state index in [0.29, 0.717) is 5.69 Å². The summed E-state index contributed by atoms with van der Waals surface area (Å²) in [6.07, 6.45) is 1.29. The minimum Gasteiger partial charge on any atom is -0.508 e. The van der Waals surface area contributed by atoms with Crippen LogP contribution in [0.5, 0.6) is 5.75 Å². The first-order valence-corrected chi connectivity index (χ1v) is 3.70. The lowest BCUT2D eigenvalue weighted by Crippen LogP contribution is -2.23. The summed E-state index contributed by atoms with van der Waals surface area (Å²) in [5.74, 6) is 0.162. The molecular formula is C9H10N2O2. The maximum absolute atomic E-state index is 10.9. The quantitative estimate of drug-likeness (QED) is 0.603. The Morgan fingerprint density at radius 2 is 2.00 bits per heavy atom. The first-order valence-electron chi connectivity index (χ1n) is 3.70. The number of benzene rings is 1. The van der Waals surface area contributed by atoms with E-state index >= 15 is 0 Å². The summed E-state index contributed by atoms with van der Waals surface area (Å²) in [4.78, 5) is 10.9. The minimum atomic E-state index is -0.360. The highest BCUT2D eigenvalue weighted by molar-refractivity contribution is 5.89. The van der Waals surface area contributed by atoms with E-state index in [1.54, 1.807) is 12.1 Å². The van der Waals surface area contributed by atoms with E-state index in [4.69, 9.17) is 5.11 Å². The summed E-state index contributed by atoms with van der Waals surface area (Å²) < 4.78 is 0. The molecule has 0 fully saturated rings. The summed E-state index contributed by atoms with van der Waals surface area (Å²) in [6, 6.07) is 5.81. The van der Waals surface area contributed by atoms with Crippen LogP contribution in [0.4, 0.5) is 10.5 Å². The van der Waals surface area contributed by atoms with Gasteiger partial charge >= 0.3 is 6.03 Å². The van der Waals surface area contributed by atoms with Gasteiger partial charge in [-0.2, -0.15) is 0 Å². The smallest absolute Gasteiger partial charge is 0.323 e. The average Bonchev–Trinajstić information content (AvgIpc) is 2.09. The molecule has 68 valence electrons. The third-order valence-electron chi connectivity index (χ3n) is 1.36. The number of hydrogen-bond donors (Lipinski definition) is 3. The molecule has 0 saturated heterocycles. The molecule has 0 radical (unpaired) electrons. The normalized spacial score (nSPS) is 8.92. The fraction of sp³-hybridized carbons (Fsp3) is 0. The lowest BCUT2D eigenvalue weighted by atomic mass is 10.3. The molecule has 0 bridgehead atoms. The Kier molecular flexibility index (Phi) is 2.92. The van der Waals surface area contributed by atoms with Crippen LogP contribution in [0, 0.1) is 0 Å². The van der Waals surface area contributed by atoms with Gasteiger partial charge in [0, 0.05) is 5.69 Å². The Hall–Kier alpha value is -1.97.